The van der Waals surface area contributed by atoms with Gasteiger partial charge in [0.05, 0.1) is 5.69 Å². The number of fused-ring (bicyclic) bond motifs is 3. The molecule has 1 unspecified atom stereocenters. The van der Waals surface area contributed by atoms with E-state index in [2.05, 4.69) is 33.2 Å². The zero-order valence-electron chi connectivity index (χ0n) is 15.8. The van der Waals surface area contributed by atoms with E-state index >= 15 is 0 Å². The molecule has 28 heavy (non-hydrogen) atoms. The van der Waals surface area contributed by atoms with Gasteiger partial charge in [-0.3, -0.25) is 9.48 Å². The van der Waals surface area contributed by atoms with Gasteiger partial charge in [-0.05, 0) is 30.5 Å². The Labute approximate surface area is 172 Å². The normalized spacial score (nSPS) is 17.0. The molecule has 2 aliphatic rings. The summed E-state index contributed by atoms with van der Waals surface area (Å²) in [6.07, 6.45) is 9.26. The molecule has 0 spiro atoms. The van der Waals surface area contributed by atoms with Crippen molar-refractivity contribution in [3.05, 3.63) is 58.2 Å². The Hall–Kier alpha value is -2.38. The van der Waals surface area contributed by atoms with Crippen LogP contribution in [0.1, 0.15) is 22.5 Å². The van der Waals surface area contributed by atoms with Crippen LogP contribution in [0, 0.1) is 5.92 Å². The third-order valence-corrected chi connectivity index (χ3v) is 5.62. The third-order valence-electron chi connectivity index (χ3n) is 5.13. The molecule has 1 atom stereocenters. The lowest BCUT2D eigenvalue weighted by Gasteiger charge is -2.26. The van der Waals surface area contributed by atoms with E-state index in [0.29, 0.717) is 37.9 Å². The van der Waals surface area contributed by atoms with E-state index in [1.54, 1.807) is 4.68 Å². The van der Waals surface area contributed by atoms with Crippen molar-refractivity contribution in [3.63, 3.8) is 0 Å². The van der Waals surface area contributed by atoms with Crippen LogP contribution in [0.3, 0.4) is 0 Å². The molecule has 6 nitrogen and oxygen atoms in total. The van der Waals surface area contributed by atoms with Crippen LogP contribution >= 0.6 is 15.9 Å². The second kappa shape index (κ2) is 7.93. The zero-order chi connectivity index (χ0) is 19.7. The molecule has 0 saturated carbocycles. The van der Waals surface area contributed by atoms with Crippen molar-refractivity contribution in [2.75, 3.05) is 19.6 Å². The Morgan fingerprint density at radius 1 is 1.43 bits per heavy atom. The number of benzene rings is 1. The minimum Gasteiger partial charge on any atom is -0.488 e. The molecule has 1 aromatic heterocycles. The summed E-state index contributed by atoms with van der Waals surface area (Å²) in [7, 11) is 1.87. The minimum absolute atomic E-state index is 0.0905. The average molecular weight is 443 g/mol. The first-order valence-corrected chi connectivity index (χ1v) is 10.2. The summed E-state index contributed by atoms with van der Waals surface area (Å²) >= 11 is 3.52. The number of aryl methyl sites for hydroxylation is 1. The number of carbonyl (C=O) groups is 1. The molecule has 1 aromatic carbocycles. The summed E-state index contributed by atoms with van der Waals surface area (Å²) in [4.78, 5) is 15.2. The van der Waals surface area contributed by atoms with Gasteiger partial charge >= 0.3 is 0 Å². The number of allylic oxidation sites excluding steroid dienone is 3. The van der Waals surface area contributed by atoms with Crippen molar-refractivity contribution in [2.45, 2.75) is 13.0 Å². The molecule has 7 heteroatoms. The predicted octanol–water partition coefficient (Wildman–Crippen LogP) is 3.28. The first-order chi connectivity index (χ1) is 13.6. The highest BCUT2D eigenvalue weighted by Gasteiger charge is 2.31. The number of ether oxygens (including phenoxy) is 1. The lowest BCUT2D eigenvalue weighted by molar-refractivity contribution is 0.0734. The van der Waals surface area contributed by atoms with E-state index in [-0.39, 0.29) is 5.91 Å². The van der Waals surface area contributed by atoms with Crippen molar-refractivity contribution in [1.82, 2.24) is 14.7 Å². The number of aromatic nitrogens is 2. The highest BCUT2D eigenvalue weighted by Crippen LogP contribution is 2.40. The Morgan fingerprint density at radius 2 is 2.29 bits per heavy atom. The van der Waals surface area contributed by atoms with Crippen LogP contribution < -0.4 is 10.5 Å². The average Bonchev–Trinajstić information content (AvgIpc) is 3.05. The minimum atomic E-state index is -0.0905. The summed E-state index contributed by atoms with van der Waals surface area (Å²) in [5, 5.41) is 4.57. The number of nitrogens with two attached hydrogens (primary N) is 1. The quantitative estimate of drug-likeness (QED) is 0.770. The maximum absolute atomic E-state index is 13.4. The molecule has 2 heterocycles. The molecule has 4 rings (SSSR count). The fourth-order valence-corrected chi connectivity index (χ4v) is 4.17. The number of carbonyl (C=O) groups excluding carboxylic acids is 1. The molecule has 0 radical (unpaired) electrons. The third kappa shape index (κ3) is 3.52. The van der Waals surface area contributed by atoms with Gasteiger partial charge in [0.1, 0.15) is 12.4 Å². The van der Waals surface area contributed by atoms with Gasteiger partial charge in [-0.15, -0.1) is 0 Å². The van der Waals surface area contributed by atoms with E-state index in [1.807, 2.05) is 42.3 Å². The van der Waals surface area contributed by atoms with Gasteiger partial charge in [0.2, 0.25) is 0 Å². The van der Waals surface area contributed by atoms with E-state index in [0.717, 1.165) is 33.5 Å². The van der Waals surface area contributed by atoms with Gasteiger partial charge in [-0.2, -0.15) is 5.10 Å². The number of halogens is 1. The molecule has 0 bridgehead atoms. The van der Waals surface area contributed by atoms with E-state index in [4.69, 9.17) is 10.5 Å². The Kier molecular flexibility index (Phi) is 5.37. The number of hydrogen-bond acceptors (Lipinski definition) is 4. The van der Waals surface area contributed by atoms with Crippen molar-refractivity contribution in [1.29, 1.82) is 0 Å². The van der Waals surface area contributed by atoms with Crippen molar-refractivity contribution < 1.29 is 9.53 Å². The Morgan fingerprint density at radius 3 is 3.04 bits per heavy atom. The van der Waals surface area contributed by atoms with Gasteiger partial charge in [-0.25, -0.2) is 0 Å². The fourth-order valence-electron chi connectivity index (χ4n) is 3.81. The van der Waals surface area contributed by atoms with Gasteiger partial charge in [0.25, 0.3) is 5.91 Å². The van der Waals surface area contributed by atoms with Crippen molar-refractivity contribution >= 4 is 21.8 Å². The smallest absolute Gasteiger partial charge is 0.274 e. The van der Waals surface area contributed by atoms with Crippen LogP contribution in [0.5, 0.6) is 5.75 Å². The van der Waals surface area contributed by atoms with Gasteiger partial charge in [-0.1, -0.05) is 40.2 Å². The lowest BCUT2D eigenvalue weighted by Crippen LogP contribution is -2.39. The Balaban J connectivity index is 1.67. The van der Waals surface area contributed by atoms with E-state index in [9.17, 15) is 4.79 Å². The number of amides is 1. The van der Waals surface area contributed by atoms with Crippen LogP contribution in [-0.2, 0) is 13.7 Å². The molecule has 1 aliphatic carbocycles. The molecular weight excluding hydrogens is 420 g/mol. The van der Waals surface area contributed by atoms with Crippen LogP contribution in [0.2, 0.25) is 0 Å². The summed E-state index contributed by atoms with van der Waals surface area (Å²) in [5.41, 5.74) is 8.95. The molecule has 0 saturated heterocycles. The van der Waals surface area contributed by atoms with Crippen LogP contribution in [0.15, 0.2) is 47.0 Å². The molecule has 0 fully saturated rings. The van der Waals surface area contributed by atoms with Crippen molar-refractivity contribution in [2.24, 2.45) is 18.7 Å². The summed E-state index contributed by atoms with van der Waals surface area (Å²) < 4.78 is 8.64. The standard InChI is InChI=1S/C21H23BrN4O2/c1-25-20-16-11-15(22)7-8-18(16)28-13-17(20)19(24-25)21(27)26(10-9-23)12-14-5-3-2-4-6-14/h2-5,7-8,11,14H,6,9-10,12-13,23H2,1H3. The van der Waals surface area contributed by atoms with Crippen molar-refractivity contribution in [3.8, 4) is 17.0 Å². The second-order valence-electron chi connectivity index (χ2n) is 7.08. The first-order valence-electron chi connectivity index (χ1n) is 9.39. The number of nitrogens with zero attached hydrogens (tertiary/aromatic N) is 3. The maximum atomic E-state index is 13.4. The van der Waals surface area contributed by atoms with Crippen LogP contribution in [-0.4, -0.2) is 40.2 Å². The Bertz CT molecular complexity index is 964. The highest BCUT2D eigenvalue weighted by atomic mass is 79.9. The largest absolute Gasteiger partial charge is 0.488 e. The van der Waals surface area contributed by atoms with Gasteiger partial charge in [0, 0.05) is 42.3 Å². The lowest BCUT2D eigenvalue weighted by atomic mass is 9.99. The SMILES string of the molecule is Cn1nc(C(=O)N(CCN)CC2C=CC=CC2)c2c1-c1cc(Br)ccc1OC2. The molecule has 1 aliphatic heterocycles. The molecule has 1 amide bonds. The van der Waals surface area contributed by atoms with Crippen LogP contribution in [0.25, 0.3) is 11.3 Å². The predicted molar refractivity (Wildman–Crippen MR) is 112 cm³/mol. The monoisotopic (exact) mass is 442 g/mol. The van der Waals surface area contributed by atoms with Gasteiger partial charge < -0.3 is 15.4 Å². The summed E-state index contributed by atoms with van der Waals surface area (Å²) in [6, 6.07) is 5.88. The van der Waals surface area contributed by atoms with E-state index in [1.165, 1.54) is 0 Å². The zero-order valence-corrected chi connectivity index (χ0v) is 17.4. The van der Waals surface area contributed by atoms with Gasteiger partial charge in [0.15, 0.2) is 5.69 Å². The second-order valence-corrected chi connectivity index (χ2v) is 7.99. The first kappa shape index (κ1) is 19.0. The number of rotatable bonds is 5. The maximum Gasteiger partial charge on any atom is 0.274 e. The summed E-state index contributed by atoms with van der Waals surface area (Å²) in [6.45, 7) is 1.88. The topological polar surface area (TPSA) is 73.4 Å². The molecular formula is C21H23BrN4O2. The molecule has 2 N–H and O–H groups in total. The summed E-state index contributed by atoms with van der Waals surface area (Å²) in [5.74, 6) is 1.01. The van der Waals surface area contributed by atoms with Crippen LogP contribution in [0.4, 0.5) is 0 Å². The molecule has 146 valence electrons. The van der Waals surface area contributed by atoms with E-state index < -0.39 is 0 Å². The fraction of sp³-hybridized carbons (Fsp3) is 0.333. The number of hydrogen-bond donors (Lipinski definition) is 1. The molecule has 2 aromatic rings. The highest BCUT2D eigenvalue weighted by molar-refractivity contribution is 9.10.